The Morgan fingerprint density at radius 2 is 2.25 bits per heavy atom. The lowest BCUT2D eigenvalue weighted by atomic mass is 10.2. The van der Waals surface area contributed by atoms with E-state index in [1.807, 2.05) is 6.92 Å². The molecule has 0 saturated carbocycles. The second-order valence-corrected chi connectivity index (χ2v) is 3.27. The van der Waals surface area contributed by atoms with Crippen LogP contribution in [0.15, 0.2) is 0 Å². The zero-order valence-electron chi connectivity index (χ0n) is 9.39. The Bertz CT molecular complexity index is 425. The van der Waals surface area contributed by atoms with Crippen LogP contribution in [0.3, 0.4) is 0 Å². The number of aryl methyl sites for hydroxylation is 2. The van der Waals surface area contributed by atoms with Gasteiger partial charge in [-0.2, -0.15) is 5.10 Å². The van der Waals surface area contributed by atoms with Crippen molar-refractivity contribution in [2.24, 2.45) is 7.05 Å². The smallest absolute Gasteiger partial charge is 0.363 e. The molecule has 0 radical (unpaired) electrons. The Kier molecular flexibility index (Phi) is 3.60. The van der Waals surface area contributed by atoms with Crippen LogP contribution in [-0.2, 0) is 18.2 Å². The third kappa shape index (κ3) is 2.02. The van der Waals surface area contributed by atoms with E-state index in [4.69, 9.17) is 0 Å². The average molecular weight is 227 g/mol. The highest BCUT2D eigenvalue weighted by Gasteiger charge is 2.31. The maximum atomic E-state index is 11.4. The van der Waals surface area contributed by atoms with Crippen LogP contribution in [0.4, 0.5) is 5.69 Å². The number of ether oxygens (including phenoxy) is 1. The maximum absolute atomic E-state index is 11.4. The molecule has 0 N–H and O–H groups in total. The predicted octanol–water partition coefficient (Wildman–Crippen LogP) is 1.07. The Morgan fingerprint density at radius 3 is 2.69 bits per heavy atom. The van der Waals surface area contributed by atoms with Crippen LogP contribution in [0.25, 0.3) is 0 Å². The normalized spacial score (nSPS) is 10.2. The van der Waals surface area contributed by atoms with Crippen LogP contribution in [-0.4, -0.2) is 27.8 Å². The molecular formula is C9H13N3O4. The Labute approximate surface area is 92.2 Å². The van der Waals surface area contributed by atoms with E-state index < -0.39 is 10.9 Å². The monoisotopic (exact) mass is 227 g/mol. The van der Waals surface area contributed by atoms with Gasteiger partial charge in [-0.1, -0.05) is 13.3 Å². The number of rotatable bonds is 4. The second kappa shape index (κ2) is 4.73. The van der Waals surface area contributed by atoms with Gasteiger partial charge >= 0.3 is 11.7 Å². The molecule has 0 spiro atoms. The number of hydrogen-bond donors (Lipinski definition) is 0. The van der Waals surface area contributed by atoms with Gasteiger partial charge in [0.15, 0.2) is 0 Å². The lowest BCUT2D eigenvalue weighted by molar-refractivity contribution is -0.386. The summed E-state index contributed by atoms with van der Waals surface area (Å²) in [5.74, 6) is -0.746. The molecule has 0 unspecified atom stereocenters. The number of esters is 1. The van der Waals surface area contributed by atoms with Crippen LogP contribution < -0.4 is 0 Å². The van der Waals surface area contributed by atoms with Gasteiger partial charge in [-0.15, -0.1) is 0 Å². The molecule has 7 nitrogen and oxygen atoms in total. The van der Waals surface area contributed by atoms with Crippen molar-refractivity contribution >= 4 is 11.7 Å². The molecule has 1 heterocycles. The molecule has 0 fully saturated rings. The first-order valence-electron chi connectivity index (χ1n) is 4.81. The maximum Gasteiger partial charge on any atom is 0.363 e. The number of hydrogen-bond acceptors (Lipinski definition) is 5. The molecule has 0 aliphatic rings. The number of carbonyl (C=O) groups excluding carboxylic acids is 1. The minimum Gasteiger partial charge on any atom is -0.464 e. The number of nitro groups is 1. The summed E-state index contributed by atoms with van der Waals surface area (Å²) in [4.78, 5) is 21.7. The number of aromatic nitrogens is 2. The van der Waals surface area contributed by atoms with E-state index in [1.165, 1.54) is 18.8 Å². The van der Waals surface area contributed by atoms with Gasteiger partial charge < -0.3 is 4.74 Å². The fraction of sp³-hybridized carbons (Fsp3) is 0.556. The fourth-order valence-corrected chi connectivity index (χ4v) is 1.49. The standard InChI is InChI=1S/C9H13N3O4/c1-4-5-6-7(12(14)15)8(9(13)16-3)11(2)10-6/h4-5H2,1-3H3. The van der Waals surface area contributed by atoms with Crippen LogP contribution >= 0.6 is 0 Å². The summed E-state index contributed by atoms with van der Waals surface area (Å²) < 4.78 is 5.68. The summed E-state index contributed by atoms with van der Waals surface area (Å²) in [6, 6.07) is 0. The van der Waals surface area contributed by atoms with Gasteiger partial charge in [0.1, 0.15) is 5.69 Å². The number of methoxy groups -OCH3 is 1. The summed E-state index contributed by atoms with van der Waals surface area (Å²) in [6.45, 7) is 1.89. The summed E-state index contributed by atoms with van der Waals surface area (Å²) in [5.41, 5.74) is -0.0532. The molecule has 7 heteroatoms. The van der Waals surface area contributed by atoms with Crippen LogP contribution in [0, 0.1) is 10.1 Å². The molecule has 0 bridgehead atoms. The van der Waals surface area contributed by atoms with E-state index in [0.717, 1.165) is 6.42 Å². The van der Waals surface area contributed by atoms with E-state index in [1.54, 1.807) is 0 Å². The summed E-state index contributed by atoms with van der Waals surface area (Å²) >= 11 is 0. The largest absolute Gasteiger partial charge is 0.464 e. The zero-order valence-corrected chi connectivity index (χ0v) is 9.39. The zero-order chi connectivity index (χ0) is 12.3. The molecule has 1 rings (SSSR count). The molecule has 0 aromatic carbocycles. The van der Waals surface area contributed by atoms with Crippen molar-refractivity contribution in [1.29, 1.82) is 0 Å². The number of nitrogens with zero attached hydrogens (tertiary/aromatic N) is 3. The third-order valence-electron chi connectivity index (χ3n) is 2.14. The lowest BCUT2D eigenvalue weighted by Gasteiger charge is -1.98. The van der Waals surface area contributed by atoms with Crippen LogP contribution in [0.2, 0.25) is 0 Å². The molecule has 88 valence electrons. The van der Waals surface area contributed by atoms with Crippen molar-refractivity contribution in [3.05, 3.63) is 21.5 Å². The summed E-state index contributed by atoms with van der Waals surface area (Å²) in [5, 5.41) is 14.9. The Hall–Kier alpha value is -1.92. The molecule has 1 aromatic rings. The van der Waals surface area contributed by atoms with Gasteiger partial charge in [0, 0.05) is 7.05 Å². The first-order chi connectivity index (χ1) is 7.52. The topological polar surface area (TPSA) is 87.3 Å². The lowest BCUT2D eigenvalue weighted by Crippen LogP contribution is -2.10. The van der Waals surface area contributed by atoms with Gasteiger partial charge in [0.05, 0.1) is 12.0 Å². The van der Waals surface area contributed by atoms with Gasteiger partial charge in [-0.3, -0.25) is 14.8 Å². The molecule has 0 aliphatic heterocycles. The first-order valence-corrected chi connectivity index (χ1v) is 4.81. The van der Waals surface area contributed by atoms with Crippen LogP contribution in [0.1, 0.15) is 29.5 Å². The minimum absolute atomic E-state index is 0.115. The van der Waals surface area contributed by atoms with Crippen LogP contribution in [0.5, 0.6) is 0 Å². The van der Waals surface area contributed by atoms with Gasteiger partial charge in [0.25, 0.3) is 0 Å². The highest BCUT2D eigenvalue weighted by Crippen LogP contribution is 2.24. The minimum atomic E-state index is -0.746. The molecule has 1 aromatic heterocycles. The van der Waals surface area contributed by atoms with Crippen molar-refractivity contribution < 1.29 is 14.5 Å². The van der Waals surface area contributed by atoms with Gasteiger partial charge in [0.2, 0.25) is 5.69 Å². The quantitative estimate of drug-likeness (QED) is 0.436. The number of carbonyl (C=O) groups is 1. The van der Waals surface area contributed by atoms with Crippen molar-refractivity contribution in [3.8, 4) is 0 Å². The van der Waals surface area contributed by atoms with Crippen molar-refractivity contribution in [1.82, 2.24) is 9.78 Å². The first kappa shape index (κ1) is 12.2. The molecule has 0 saturated heterocycles. The average Bonchev–Trinajstić information content (AvgIpc) is 2.54. The molecule has 16 heavy (non-hydrogen) atoms. The second-order valence-electron chi connectivity index (χ2n) is 3.27. The highest BCUT2D eigenvalue weighted by molar-refractivity contribution is 5.92. The SMILES string of the molecule is CCCc1nn(C)c(C(=O)OC)c1[N+](=O)[O-]. The molecule has 0 amide bonds. The van der Waals surface area contributed by atoms with E-state index >= 15 is 0 Å². The van der Waals surface area contributed by atoms with E-state index in [0.29, 0.717) is 12.1 Å². The summed E-state index contributed by atoms with van der Waals surface area (Å²) in [7, 11) is 2.66. The highest BCUT2D eigenvalue weighted by atomic mass is 16.6. The van der Waals surface area contributed by atoms with E-state index in [9.17, 15) is 14.9 Å². The van der Waals surface area contributed by atoms with Crippen molar-refractivity contribution in [3.63, 3.8) is 0 Å². The molecule has 0 atom stereocenters. The van der Waals surface area contributed by atoms with E-state index in [2.05, 4.69) is 9.84 Å². The molecular weight excluding hydrogens is 214 g/mol. The van der Waals surface area contributed by atoms with Crippen molar-refractivity contribution in [2.45, 2.75) is 19.8 Å². The van der Waals surface area contributed by atoms with Gasteiger partial charge in [-0.05, 0) is 6.42 Å². The Morgan fingerprint density at radius 1 is 1.62 bits per heavy atom. The Balaban J connectivity index is 3.35. The van der Waals surface area contributed by atoms with Crippen molar-refractivity contribution in [2.75, 3.05) is 7.11 Å². The van der Waals surface area contributed by atoms with Gasteiger partial charge in [-0.25, -0.2) is 4.79 Å². The molecule has 0 aliphatic carbocycles. The van der Waals surface area contributed by atoms with E-state index in [-0.39, 0.29) is 11.4 Å². The fourth-order valence-electron chi connectivity index (χ4n) is 1.49. The third-order valence-corrected chi connectivity index (χ3v) is 2.14. The predicted molar refractivity (Wildman–Crippen MR) is 55.2 cm³/mol. The summed E-state index contributed by atoms with van der Waals surface area (Å²) in [6.07, 6.45) is 1.18.